The van der Waals surface area contributed by atoms with Crippen LogP contribution >= 0.6 is 11.8 Å². The highest BCUT2D eigenvalue weighted by Gasteiger charge is 2.11. The maximum Gasteiger partial charge on any atom is 0.344 e. The second-order valence-electron chi connectivity index (χ2n) is 3.27. The number of hydrogen-bond donors (Lipinski definition) is 1. The molecular formula is C8H13N3O2S. The van der Waals surface area contributed by atoms with E-state index in [4.69, 9.17) is 0 Å². The van der Waals surface area contributed by atoms with Gasteiger partial charge in [-0.25, -0.2) is 9.89 Å². The third-order valence-corrected chi connectivity index (χ3v) is 2.69. The predicted molar refractivity (Wildman–Crippen MR) is 54.6 cm³/mol. The summed E-state index contributed by atoms with van der Waals surface area (Å²) in [7, 11) is 0. The lowest BCUT2D eigenvalue weighted by Gasteiger charge is -2.07. The first-order valence-electron chi connectivity index (χ1n) is 4.31. The van der Waals surface area contributed by atoms with Crippen molar-refractivity contribution in [2.24, 2.45) is 0 Å². The molecule has 0 aliphatic rings. The first-order chi connectivity index (χ1) is 6.52. The molecule has 5 nitrogen and oxygen atoms in total. The molecule has 0 spiro atoms. The molecule has 0 amide bonds. The van der Waals surface area contributed by atoms with Crippen LogP contribution in [0.25, 0.3) is 0 Å². The first kappa shape index (κ1) is 11.0. The summed E-state index contributed by atoms with van der Waals surface area (Å²) in [4.78, 5) is 22.0. The number of aromatic nitrogens is 3. The van der Waals surface area contributed by atoms with Crippen molar-refractivity contribution >= 4 is 17.5 Å². The monoisotopic (exact) mass is 215 g/mol. The highest BCUT2D eigenvalue weighted by molar-refractivity contribution is 7.99. The molecule has 0 fully saturated rings. The summed E-state index contributed by atoms with van der Waals surface area (Å²) in [5.74, 6) is 0.414. The number of carbonyl (C=O) groups excluding carboxylic acids is 1. The zero-order chi connectivity index (χ0) is 10.7. The van der Waals surface area contributed by atoms with Crippen LogP contribution in [0.5, 0.6) is 0 Å². The number of aromatic amines is 1. The van der Waals surface area contributed by atoms with Crippen LogP contribution in [-0.2, 0) is 4.79 Å². The lowest BCUT2D eigenvalue weighted by atomic mass is 10.4. The summed E-state index contributed by atoms with van der Waals surface area (Å²) < 4.78 is 1.54. The SMILES string of the molecule is CC(=O)CSc1n[nH]c(=O)n1C(C)C. The molecule has 0 saturated heterocycles. The quantitative estimate of drug-likeness (QED) is 0.755. The summed E-state index contributed by atoms with van der Waals surface area (Å²) in [6.45, 7) is 5.31. The zero-order valence-corrected chi connectivity index (χ0v) is 9.22. The van der Waals surface area contributed by atoms with Gasteiger partial charge >= 0.3 is 5.69 Å². The van der Waals surface area contributed by atoms with E-state index in [0.717, 1.165) is 0 Å². The van der Waals surface area contributed by atoms with Crippen LogP contribution in [0.2, 0.25) is 0 Å². The van der Waals surface area contributed by atoms with Crippen molar-refractivity contribution in [3.8, 4) is 0 Å². The lowest BCUT2D eigenvalue weighted by molar-refractivity contribution is -0.114. The van der Waals surface area contributed by atoms with Gasteiger partial charge in [0.1, 0.15) is 5.78 Å². The molecule has 1 aromatic rings. The van der Waals surface area contributed by atoms with Crippen LogP contribution in [0.1, 0.15) is 26.8 Å². The molecule has 78 valence electrons. The summed E-state index contributed by atoms with van der Waals surface area (Å²) in [6, 6.07) is 0.0516. The Kier molecular flexibility index (Phi) is 3.51. The fourth-order valence-corrected chi connectivity index (χ4v) is 1.89. The Morgan fingerprint density at radius 3 is 2.79 bits per heavy atom. The number of ketones is 1. The molecule has 0 radical (unpaired) electrons. The van der Waals surface area contributed by atoms with Gasteiger partial charge in [-0.05, 0) is 20.8 Å². The Balaban J connectivity index is 2.87. The predicted octanol–water partition coefficient (Wildman–Crippen LogP) is 0.833. The van der Waals surface area contributed by atoms with Gasteiger partial charge in [-0.2, -0.15) is 0 Å². The second kappa shape index (κ2) is 4.45. The Labute approximate surface area is 85.9 Å². The maximum atomic E-state index is 11.3. The molecule has 1 heterocycles. The highest BCUT2D eigenvalue weighted by Crippen LogP contribution is 2.16. The minimum absolute atomic E-state index is 0.0516. The number of hydrogen-bond acceptors (Lipinski definition) is 4. The zero-order valence-electron chi connectivity index (χ0n) is 8.40. The number of nitrogens with zero attached hydrogens (tertiary/aromatic N) is 2. The number of nitrogens with one attached hydrogen (secondary N) is 1. The smallest absolute Gasteiger partial charge is 0.299 e. The average molecular weight is 215 g/mol. The molecule has 14 heavy (non-hydrogen) atoms. The van der Waals surface area contributed by atoms with Gasteiger partial charge in [0.15, 0.2) is 5.16 Å². The van der Waals surface area contributed by atoms with E-state index in [0.29, 0.717) is 10.9 Å². The van der Waals surface area contributed by atoms with Gasteiger partial charge in [0, 0.05) is 6.04 Å². The van der Waals surface area contributed by atoms with Crippen molar-refractivity contribution in [2.45, 2.75) is 32.0 Å². The van der Waals surface area contributed by atoms with Crippen LogP contribution in [0.3, 0.4) is 0 Å². The molecule has 1 N–H and O–H groups in total. The van der Waals surface area contributed by atoms with E-state index in [1.807, 2.05) is 13.8 Å². The molecule has 0 saturated carbocycles. The number of thioether (sulfide) groups is 1. The largest absolute Gasteiger partial charge is 0.344 e. The van der Waals surface area contributed by atoms with Crippen LogP contribution in [-0.4, -0.2) is 26.3 Å². The number of Topliss-reactive ketones (excluding diaryl/α,β-unsaturated/α-hetero) is 1. The van der Waals surface area contributed by atoms with Gasteiger partial charge in [-0.15, -0.1) is 5.10 Å². The molecule has 0 aromatic carbocycles. The van der Waals surface area contributed by atoms with E-state index < -0.39 is 0 Å². The van der Waals surface area contributed by atoms with E-state index in [-0.39, 0.29) is 17.5 Å². The molecule has 6 heteroatoms. The van der Waals surface area contributed by atoms with Crippen molar-refractivity contribution in [3.05, 3.63) is 10.5 Å². The molecule has 1 aromatic heterocycles. The molecule has 0 bridgehead atoms. The Morgan fingerprint density at radius 1 is 1.64 bits per heavy atom. The Morgan fingerprint density at radius 2 is 2.29 bits per heavy atom. The highest BCUT2D eigenvalue weighted by atomic mass is 32.2. The van der Waals surface area contributed by atoms with Crippen molar-refractivity contribution in [3.63, 3.8) is 0 Å². The van der Waals surface area contributed by atoms with Gasteiger partial charge in [0.25, 0.3) is 0 Å². The molecule has 0 aliphatic heterocycles. The minimum atomic E-state index is -0.231. The lowest BCUT2D eigenvalue weighted by Crippen LogP contribution is -2.19. The standard InChI is InChI=1S/C8H13N3O2S/c1-5(2)11-7(13)9-10-8(11)14-4-6(3)12/h5H,4H2,1-3H3,(H,9,13). The van der Waals surface area contributed by atoms with Gasteiger partial charge in [0.05, 0.1) is 5.75 Å². The fraction of sp³-hybridized carbons (Fsp3) is 0.625. The molecule has 1 rings (SSSR count). The number of rotatable bonds is 4. The van der Waals surface area contributed by atoms with Gasteiger partial charge in [-0.1, -0.05) is 11.8 Å². The number of H-pyrrole nitrogens is 1. The van der Waals surface area contributed by atoms with E-state index in [2.05, 4.69) is 10.2 Å². The van der Waals surface area contributed by atoms with Crippen molar-refractivity contribution in [1.29, 1.82) is 0 Å². The van der Waals surface area contributed by atoms with Crippen LogP contribution in [0.4, 0.5) is 0 Å². The maximum absolute atomic E-state index is 11.3. The van der Waals surface area contributed by atoms with Crippen LogP contribution < -0.4 is 5.69 Å². The van der Waals surface area contributed by atoms with E-state index >= 15 is 0 Å². The first-order valence-corrected chi connectivity index (χ1v) is 5.30. The molecule has 0 unspecified atom stereocenters. The van der Waals surface area contributed by atoms with Crippen molar-refractivity contribution in [2.75, 3.05) is 5.75 Å². The molecule has 0 aliphatic carbocycles. The fourth-order valence-electron chi connectivity index (χ4n) is 1.01. The number of carbonyl (C=O) groups is 1. The summed E-state index contributed by atoms with van der Waals surface area (Å²) in [6.07, 6.45) is 0. The van der Waals surface area contributed by atoms with Crippen LogP contribution in [0, 0.1) is 0 Å². The summed E-state index contributed by atoms with van der Waals surface area (Å²) in [5, 5.41) is 6.78. The van der Waals surface area contributed by atoms with Crippen LogP contribution in [0.15, 0.2) is 9.95 Å². The van der Waals surface area contributed by atoms with E-state index in [9.17, 15) is 9.59 Å². The van der Waals surface area contributed by atoms with Gasteiger partial charge < -0.3 is 0 Å². The van der Waals surface area contributed by atoms with Gasteiger partial charge in [-0.3, -0.25) is 9.36 Å². The topological polar surface area (TPSA) is 67.8 Å². The van der Waals surface area contributed by atoms with E-state index in [1.54, 1.807) is 0 Å². The average Bonchev–Trinajstić information content (AvgIpc) is 2.43. The minimum Gasteiger partial charge on any atom is -0.299 e. The van der Waals surface area contributed by atoms with Gasteiger partial charge in [0.2, 0.25) is 0 Å². The molecular weight excluding hydrogens is 202 g/mol. The second-order valence-corrected chi connectivity index (χ2v) is 4.21. The Hall–Kier alpha value is -1.04. The normalized spacial score (nSPS) is 10.9. The summed E-state index contributed by atoms with van der Waals surface area (Å²) >= 11 is 1.28. The Bertz CT molecular complexity index is 380. The summed E-state index contributed by atoms with van der Waals surface area (Å²) in [5.41, 5.74) is -0.231. The third kappa shape index (κ3) is 2.47. The van der Waals surface area contributed by atoms with E-state index in [1.165, 1.54) is 23.3 Å². The van der Waals surface area contributed by atoms with Crippen molar-refractivity contribution in [1.82, 2.24) is 14.8 Å². The third-order valence-electron chi connectivity index (χ3n) is 1.59. The molecule has 0 atom stereocenters. The van der Waals surface area contributed by atoms with Crippen molar-refractivity contribution < 1.29 is 4.79 Å².